The van der Waals surface area contributed by atoms with Crippen molar-refractivity contribution in [3.63, 3.8) is 0 Å². The molecule has 0 aliphatic carbocycles. The van der Waals surface area contributed by atoms with Crippen LogP contribution in [0.25, 0.3) is 0 Å². The van der Waals surface area contributed by atoms with Crippen LogP contribution in [0.1, 0.15) is 26.5 Å². The third-order valence-electron chi connectivity index (χ3n) is 3.29. The van der Waals surface area contributed by atoms with Crippen LogP contribution in [0, 0.1) is 5.41 Å². The summed E-state index contributed by atoms with van der Waals surface area (Å²) in [5, 5.41) is 11.6. The number of aliphatic imine (C=N–C) groups is 1. The van der Waals surface area contributed by atoms with E-state index in [1.807, 2.05) is 44.9 Å². The Balaban J connectivity index is 2.38. The Morgan fingerprint density at radius 2 is 2.15 bits per heavy atom. The molecule has 1 aliphatic heterocycles. The van der Waals surface area contributed by atoms with Gasteiger partial charge in [0.25, 0.3) is 0 Å². The number of amidine groups is 1. The maximum atomic E-state index is 8.49. The number of nitrogens with zero attached hydrogens (tertiary/aromatic N) is 3. The largest absolute Gasteiger partial charge is 0.390 e. The summed E-state index contributed by atoms with van der Waals surface area (Å²) in [7, 11) is 1.85. The molecule has 2 heterocycles. The summed E-state index contributed by atoms with van der Waals surface area (Å²) in [6.07, 6.45) is 2.68. The molecule has 0 saturated carbocycles. The summed E-state index contributed by atoms with van der Waals surface area (Å²) >= 11 is 0. The molecule has 0 atom stereocenters. The summed E-state index contributed by atoms with van der Waals surface area (Å²) < 4.78 is 0. The molecule has 1 aromatic heterocycles. The molecule has 0 fully saturated rings. The molecule has 0 aromatic carbocycles. The summed E-state index contributed by atoms with van der Waals surface area (Å²) in [4.78, 5) is 10.9. The van der Waals surface area contributed by atoms with E-state index >= 15 is 0 Å². The number of hydrogen-bond donors (Lipinski definition) is 2. The normalized spacial score (nSPS) is 14.5. The first-order valence-corrected chi connectivity index (χ1v) is 6.75. The molecule has 5 heteroatoms. The molecule has 1 aromatic rings. The molecule has 0 radical (unpaired) electrons. The first kappa shape index (κ1) is 14.2. The summed E-state index contributed by atoms with van der Waals surface area (Å²) in [6.45, 7) is 6.60. The van der Waals surface area contributed by atoms with Crippen LogP contribution in [-0.4, -0.2) is 30.1 Å². The Labute approximate surface area is 119 Å². The Bertz CT molecular complexity index is 582. The molecule has 20 heavy (non-hydrogen) atoms. The van der Waals surface area contributed by atoms with Gasteiger partial charge in [-0.1, -0.05) is 0 Å². The first-order valence-electron chi connectivity index (χ1n) is 6.75. The maximum absolute atomic E-state index is 8.49. The minimum atomic E-state index is 0.421. The number of nitrogens with one attached hydrogen (secondary N) is 2. The highest BCUT2D eigenvalue weighted by Gasteiger charge is 2.25. The number of rotatable bonds is 3. The summed E-state index contributed by atoms with van der Waals surface area (Å²) in [5.74, 6) is 0.421. The van der Waals surface area contributed by atoms with Gasteiger partial charge >= 0.3 is 0 Å². The van der Waals surface area contributed by atoms with Gasteiger partial charge in [0.2, 0.25) is 0 Å². The van der Waals surface area contributed by atoms with Gasteiger partial charge in [-0.15, -0.1) is 0 Å². The Morgan fingerprint density at radius 3 is 2.80 bits per heavy atom. The van der Waals surface area contributed by atoms with Crippen molar-refractivity contribution in [3.05, 3.63) is 35.4 Å². The molecular formula is C15H21N5. The number of fused-ring (bicyclic) bond motifs is 1. The van der Waals surface area contributed by atoms with E-state index in [1.165, 1.54) is 0 Å². The van der Waals surface area contributed by atoms with E-state index in [9.17, 15) is 0 Å². The number of hydrogen-bond acceptors (Lipinski definition) is 4. The average molecular weight is 271 g/mol. The Kier molecular flexibility index (Phi) is 4.17. The Morgan fingerprint density at radius 1 is 1.40 bits per heavy atom. The highest BCUT2D eigenvalue weighted by molar-refractivity contribution is 6.10. The van der Waals surface area contributed by atoms with Crippen molar-refractivity contribution >= 4 is 17.2 Å². The van der Waals surface area contributed by atoms with Crippen molar-refractivity contribution < 1.29 is 0 Å². The van der Waals surface area contributed by atoms with E-state index in [1.54, 1.807) is 6.20 Å². The van der Waals surface area contributed by atoms with Gasteiger partial charge in [0.05, 0.1) is 11.4 Å². The average Bonchev–Trinajstić information content (AvgIpc) is 2.87. The molecule has 0 spiro atoms. The van der Waals surface area contributed by atoms with Crippen LogP contribution in [0.3, 0.4) is 0 Å². The zero-order chi connectivity index (χ0) is 14.7. The summed E-state index contributed by atoms with van der Waals surface area (Å²) in [5.41, 5.74) is 4.58. The first-order chi connectivity index (χ1) is 9.54. The van der Waals surface area contributed by atoms with E-state index in [-0.39, 0.29) is 0 Å². The van der Waals surface area contributed by atoms with Gasteiger partial charge in [0, 0.05) is 37.6 Å². The minimum Gasteiger partial charge on any atom is -0.390 e. The zero-order valence-corrected chi connectivity index (χ0v) is 12.5. The van der Waals surface area contributed by atoms with Crippen LogP contribution >= 0.6 is 0 Å². The van der Waals surface area contributed by atoms with Crippen molar-refractivity contribution in [2.45, 2.75) is 27.2 Å². The quantitative estimate of drug-likeness (QED) is 0.655. The lowest BCUT2D eigenvalue weighted by Crippen LogP contribution is -2.31. The third-order valence-corrected chi connectivity index (χ3v) is 3.29. The van der Waals surface area contributed by atoms with Gasteiger partial charge in [0.1, 0.15) is 5.70 Å². The monoisotopic (exact) mass is 271 g/mol. The Hall–Kier alpha value is -2.17. The van der Waals surface area contributed by atoms with Crippen molar-refractivity contribution in [3.8, 4) is 0 Å². The molecule has 5 nitrogen and oxygen atoms in total. The van der Waals surface area contributed by atoms with E-state index < -0.39 is 0 Å². The standard InChI is InChI=1S/C15H21N5/c1-10(2)19-14(11(3)17-4)15(16)20-9-7-12-13(20)6-5-8-18-12/h5-6,8,16-17H,7,9H2,1-4H3. The predicted octanol–water partition coefficient (Wildman–Crippen LogP) is 2.35. The van der Waals surface area contributed by atoms with Gasteiger partial charge in [0.15, 0.2) is 5.84 Å². The lowest BCUT2D eigenvalue weighted by molar-refractivity contribution is 0.949. The van der Waals surface area contributed by atoms with Gasteiger partial charge in [-0.05, 0) is 32.9 Å². The predicted molar refractivity (Wildman–Crippen MR) is 83.6 cm³/mol. The van der Waals surface area contributed by atoms with Crippen molar-refractivity contribution in [2.75, 3.05) is 18.5 Å². The van der Waals surface area contributed by atoms with E-state index in [4.69, 9.17) is 5.41 Å². The minimum absolute atomic E-state index is 0.421. The topological polar surface area (TPSA) is 64.4 Å². The fraction of sp³-hybridized carbons (Fsp3) is 0.400. The number of pyridine rings is 1. The molecule has 2 rings (SSSR count). The molecule has 2 N–H and O–H groups in total. The van der Waals surface area contributed by atoms with Gasteiger partial charge < -0.3 is 10.2 Å². The molecule has 0 bridgehead atoms. The van der Waals surface area contributed by atoms with Crippen molar-refractivity contribution in [1.29, 1.82) is 5.41 Å². The van der Waals surface area contributed by atoms with Gasteiger partial charge in [-0.3, -0.25) is 15.4 Å². The molecular weight excluding hydrogens is 250 g/mol. The maximum Gasteiger partial charge on any atom is 0.153 e. The second-order valence-corrected chi connectivity index (χ2v) is 5.00. The number of aromatic nitrogens is 1. The molecule has 106 valence electrons. The van der Waals surface area contributed by atoms with Crippen LogP contribution in [0.2, 0.25) is 0 Å². The lowest BCUT2D eigenvalue weighted by atomic mass is 10.2. The number of anilines is 1. The molecule has 0 saturated heterocycles. The van der Waals surface area contributed by atoms with E-state index in [0.717, 1.165) is 35.8 Å². The smallest absolute Gasteiger partial charge is 0.153 e. The zero-order valence-electron chi connectivity index (χ0n) is 12.5. The second kappa shape index (κ2) is 5.86. The second-order valence-electron chi connectivity index (χ2n) is 5.00. The highest BCUT2D eigenvalue weighted by Crippen LogP contribution is 2.27. The van der Waals surface area contributed by atoms with Crippen LogP contribution in [0.5, 0.6) is 0 Å². The van der Waals surface area contributed by atoms with Crippen LogP contribution in [-0.2, 0) is 6.42 Å². The third kappa shape index (κ3) is 2.71. The highest BCUT2D eigenvalue weighted by atomic mass is 15.2. The lowest BCUT2D eigenvalue weighted by Gasteiger charge is -2.21. The summed E-state index contributed by atoms with van der Waals surface area (Å²) in [6, 6.07) is 3.92. The van der Waals surface area contributed by atoms with Crippen molar-refractivity contribution in [1.82, 2.24) is 10.3 Å². The molecule has 0 amide bonds. The van der Waals surface area contributed by atoms with Crippen molar-refractivity contribution in [2.24, 2.45) is 4.99 Å². The van der Waals surface area contributed by atoms with E-state index in [2.05, 4.69) is 15.3 Å². The van der Waals surface area contributed by atoms with Gasteiger partial charge in [-0.2, -0.15) is 0 Å². The fourth-order valence-corrected chi connectivity index (χ4v) is 2.22. The van der Waals surface area contributed by atoms with E-state index in [0.29, 0.717) is 11.5 Å². The van der Waals surface area contributed by atoms with Crippen LogP contribution < -0.4 is 10.2 Å². The van der Waals surface area contributed by atoms with Crippen LogP contribution in [0.15, 0.2) is 34.7 Å². The van der Waals surface area contributed by atoms with Crippen LogP contribution in [0.4, 0.5) is 5.69 Å². The number of allylic oxidation sites excluding steroid dienone is 1. The fourth-order valence-electron chi connectivity index (χ4n) is 2.22. The SMILES string of the molecule is CNC(C)=C(N=C(C)C)C(=N)N1CCc2ncccc21. The molecule has 0 unspecified atom stereocenters. The molecule has 1 aliphatic rings. The van der Waals surface area contributed by atoms with Gasteiger partial charge in [-0.25, -0.2) is 0 Å².